The minimum absolute atomic E-state index is 0.131. The molecule has 3 heterocycles. The molecule has 2 atom stereocenters. The normalized spacial score (nSPS) is 21.4. The first kappa shape index (κ1) is 17.8. The molecule has 6 rings (SSSR count). The molecule has 3 aromatic carbocycles. The lowest BCUT2D eigenvalue weighted by Gasteiger charge is -2.38. The quantitative estimate of drug-likeness (QED) is 0.506. The van der Waals surface area contributed by atoms with Gasteiger partial charge in [-0.25, -0.2) is 5.01 Å². The molecule has 6 heteroatoms. The molecule has 0 N–H and O–H groups in total. The highest BCUT2D eigenvalue weighted by molar-refractivity contribution is 9.10. The molecule has 150 valence electrons. The smallest absolute Gasteiger partial charge is 0.213 e. The first-order valence-electron chi connectivity index (χ1n) is 10.0. The van der Waals surface area contributed by atoms with E-state index in [0.29, 0.717) is 13.2 Å². The highest BCUT2D eigenvalue weighted by Crippen LogP contribution is 2.47. The van der Waals surface area contributed by atoms with Gasteiger partial charge in [0.2, 0.25) is 6.23 Å². The Hall–Kier alpha value is -2.99. The van der Waals surface area contributed by atoms with Crippen molar-refractivity contribution in [3.8, 4) is 17.2 Å². The number of rotatable bonds is 2. The predicted octanol–water partition coefficient (Wildman–Crippen LogP) is 5.46. The largest absolute Gasteiger partial charge is 0.486 e. The van der Waals surface area contributed by atoms with Crippen molar-refractivity contribution in [1.29, 1.82) is 0 Å². The maximum Gasteiger partial charge on any atom is 0.213 e. The van der Waals surface area contributed by atoms with E-state index in [0.717, 1.165) is 45.0 Å². The minimum Gasteiger partial charge on any atom is -0.486 e. The second-order valence-corrected chi connectivity index (χ2v) is 8.48. The lowest BCUT2D eigenvalue weighted by molar-refractivity contribution is -0.0190. The molecular weight excluding hydrogens is 444 g/mol. The second kappa shape index (κ2) is 7.06. The Balaban J connectivity index is 1.41. The maximum atomic E-state index is 6.41. The summed E-state index contributed by atoms with van der Waals surface area (Å²) in [5.74, 6) is 2.50. The molecule has 0 saturated heterocycles. The maximum absolute atomic E-state index is 6.41. The third-order valence-corrected chi connectivity index (χ3v) is 6.26. The Morgan fingerprint density at radius 1 is 0.867 bits per heavy atom. The molecule has 0 unspecified atom stereocenters. The van der Waals surface area contributed by atoms with Crippen molar-refractivity contribution < 1.29 is 14.2 Å². The van der Waals surface area contributed by atoms with Gasteiger partial charge in [0.05, 0.1) is 11.8 Å². The standard InChI is InChI=1S/C24H19BrN2O3/c25-17-8-5-15(6-9-17)24-27-20(18-3-1-2-4-21(18)30-24)14-19(26-27)16-7-10-22-23(13-16)29-12-11-28-22/h1-10,13,20,24H,11-12,14H2/t20-,24-/m0/s1. The summed E-state index contributed by atoms with van der Waals surface area (Å²) < 4.78 is 18.9. The van der Waals surface area contributed by atoms with Gasteiger partial charge in [-0.3, -0.25) is 0 Å². The van der Waals surface area contributed by atoms with Crippen molar-refractivity contribution >= 4 is 21.6 Å². The van der Waals surface area contributed by atoms with Crippen molar-refractivity contribution in [3.05, 3.63) is 87.9 Å². The number of nitrogens with zero attached hydrogens (tertiary/aromatic N) is 2. The van der Waals surface area contributed by atoms with Gasteiger partial charge in [-0.15, -0.1) is 0 Å². The first-order valence-corrected chi connectivity index (χ1v) is 10.8. The molecule has 3 aliphatic rings. The first-order chi connectivity index (χ1) is 14.8. The zero-order valence-corrected chi connectivity index (χ0v) is 17.7. The van der Waals surface area contributed by atoms with Gasteiger partial charge in [0.25, 0.3) is 0 Å². The van der Waals surface area contributed by atoms with Crippen LogP contribution in [-0.2, 0) is 0 Å². The van der Waals surface area contributed by atoms with Crippen LogP contribution >= 0.6 is 15.9 Å². The molecule has 0 saturated carbocycles. The summed E-state index contributed by atoms with van der Waals surface area (Å²) in [6, 6.07) is 22.7. The highest BCUT2D eigenvalue weighted by atomic mass is 79.9. The van der Waals surface area contributed by atoms with Crippen molar-refractivity contribution in [1.82, 2.24) is 5.01 Å². The van der Waals surface area contributed by atoms with Gasteiger partial charge in [-0.1, -0.05) is 46.3 Å². The third kappa shape index (κ3) is 2.94. The van der Waals surface area contributed by atoms with Crippen molar-refractivity contribution in [2.24, 2.45) is 5.10 Å². The summed E-state index contributed by atoms with van der Waals surface area (Å²) in [6.45, 7) is 1.16. The molecule has 3 aliphatic heterocycles. The van der Waals surface area contributed by atoms with E-state index in [1.54, 1.807) is 0 Å². The average Bonchev–Trinajstić information content (AvgIpc) is 3.25. The number of halogens is 1. The fourth-order valence-corrected chi connectivity index (χ4v) is 4.54. The van der Waals surface area contributed by atoms with E-state index < -0.39 is 0 Å². The second-order valence-electron chi connectivity index (χ2n) is 7.56. The van der Waals surface area contributed by atoms with E-state index in [-0.39, 0.29) is 12.3 Å². The van der Waals surface area contributed by atoms with Crippen LogP contribution in [0, 0.1) is 0 Å². The molecule has 0 aliphatic carbocycles. The topological polar surface area (TPSA) is 43.3 Å². The number of hydrazone groups is 1. The van der Waals surface area contributed by atoms with Gasteiger partial charge < -0.3 is 14.2 Å². The van der Waals surface area contributed by atoms with Crippen LogP contribution < -0.4 is 14.2 Å². The summed E-state index contributed by atoms with van der Waals surface area (Å²) in [5, 5.41) is 7.12. The van der Waals surface area contributed by atoms with E-state index in [1.807, 2.05) is 36.4 Å². The van der Waals surface area contributed by atoms with Gasteiger partial charge in [-0.2, -0.15) is 5.10 Å². The molecule has 0 spiro atoms. The van der Waals surface area contributed by atoms with E-state index in [4.69, 9.17) is 19.3 Å². The van der Waals surface area contributed by atoms with Crippen LogP contribution in [0.25, 0.3) is 0 Å². The Morgan fingerprint density at radius 2 is 1.67 bits per heavy atom. The molecule has 0 bridgehead atoms. The molecule has 0 radical (unpaired) electrons. The molecular formula is C24H19BrN2O3. The van der Waals surface area contributed by atoms with Crippen molar-refractivity contribution in [2.75, 3.05) is 13.2 Å². The number of benzene rings is 3. The van der Waals surface area contributed by atoms with Gasteiger partial charge in [0.15, 0.2) is 11.5 Å². The van der Waals surface area contributed by atoms with E-state index >= 15 is 0 Å². The average molecular weight is 463 g/mol. The fraction of sp³-hybridized carbons (Fsp3) is 0.208. The molecule has 0 aromatic heterocycles. The number of hydrogen-bond acceptors (Lipinski definition) is 5. The van der Waals surface area contributed by atoms with E-state index in [9.17, 15) is 0 Å². The van der Waals surface area contributed by atoms with Gasteiger partial charge >= 0.3 is 0 Å². The lowest BCUT2D eigenvalue weighted by atomic mass is 9.96. The van der Waals surface area contributed by atoms with E-state index in [2.05, 4.69) is 51.3 Å². The fourth-order valence-electron chi connectivity index (χ4n) is 4.28. The van der Waals surface area contributed by atoms with Crippen LogP contribution in [0.1, 0.15) is 35.4 Å². The zero-order valence-electron chi connectivity index (χ0n) is 16.1. The lowest BCUT2D eigenvalue weighted by Crippen LogP contribution is -2.33. The predicted molar refractivity (Wildman–Crippen MR) is 117 cm³/mol. The van der Waals surface area contributed by atoms with Gasteiger partial charge in [-0.05, 0) is 36.4 Å². The molecule has 0 amide bonds. The summed E-state index contributed by atoms with van der Waals surface area (Å²) in [5.41, 5.74) is 4.33. The monoisotopic (exact) mass is 462 g/mol. The van der Waals surface area contributed by atoms with Crippen molar-refractivity contribution in [3.63, 3.8) is 0 Å². The minimum atomic E-state index is -0.271. The highest BCUT2D eigenvalue weighted by Gasteiger charge is 2.40. The zero-order chi connectivity index (χ0) is 20.1. The SMILES string of the molecule is Brc1ccc([C@@H]2Oc3ccccc3[C@@H]3CC(c4ccc5c(c4)OCCO5)=NN32)cc1. The van der Waals surface area contributed by atoms with Crippen LogP contribution in [0.3, 0.4) is 0 Å². The number of hydrogen-bond donors (Lipinski definition) is 0. The number of para-hydroxylation sites is 1. The Kier molecular flexibility index (Phi) is 4.20. The van der Waals surface area contributed by atoms with E-state index in [1.165, 1.54) is 5.56 Å². The summed E-state index contributed by atoms with van der Waals surface area (Å²) >= 11 is 3.52. The van der Waals surface area contributed by atoms with Gasteiger partial charge in [0.1, 0.15) is 19.0 Å². The van der Waals surface area contributed by atoms with Crippen LogP contribution in [-0.4, -0.2) is 23.9 Å². The molecule has 5 nitrogen and oxygen atoms in total. The molecule has 0 fully saturated rings. The van der Waals surface area contributed by atoms with Crippen LogP contribution in [0.2, 0.25) is 0 Å². The number of fused-ring (bicyclic) bond motifs is 4. The van der Waals surface area contributed by atoms with Crippen LogP contribution in [0.15, 0.2) is 76.3 Å². The van der Waals surface area contributed by atoms with Crippen molar-refractivity contribution in [2.45, 2.75) is 18.7 Å². The van der Waals surface area contributed by atoms with Crippen LogP contribution in [0.5, 0.6) is 17.2 Å². The Bertz CT molecular complexity index is 1150. The third-order valence-electron chi connectivity index (χ3n) is 5.73. The molecule has 3 aromatic rings. The summed E-state index contributed by atoms with van der Waals surface area (Å²) in [4.78, 5) is 0. The Labute approximate surface area is 183 Å². The van der Waals surface area contributed by atoms with Gasteiger partial charge in [0, 0.05) is 27.6 Å². The Morgan fingerprint density at radius 3 is 2.53 bits per heavy atom. The molecule has 30 heavy (non-hydrogen) atoms. The number of ether oxygens (including phenoxy) is 3. The summed E-state index contributed by atoms with van der Waals surface area (Å²) in [7, 11) is 0. The van der Waals surface area contributed by atoms with Crippen LogP contribution in [0.4, 0.5) is 0 Å². The summed E-state index contributed by atoms with van der Waals surface area (Å²) in [6.07, 6.45) is 0.542.